The highest BCUT2D eigenvalue weighted by atomic mass is 127. The van der Waals surface area contributed by atoms with Crippen LogP contribution in [0.25, 0.3) is 0 Å². The predicted molar refractivity (Wildman–Crippen MR) is 141 cm³/mol. The van der Waals surface area contributed by atoms with Gasteiger partial charge in [0.15, 0.2) is 5.11 Å². The van der Waals surface area contributed by atoms with E-state index >= 15 is 0 Å². The first-order valence-electron chi connectivity index (χ1n) is 8.56. The Kier molecular flexibility index (Phi) is 8.03. The standard InChI is InChI=1S/C21H14ClI2N3O2S/c22-13-3-1-2-12(10-13)19(28)25-15-5-7-16(8-6-15)26-21(30)27-20(29)17-11-14(23)4-9-18(17)24/h1-11H,(H,25,28)(H2,26,27,29,30). The summed E-state index contributed by atoms with van der Waals surface area (Å²) in [6.45, 7) is 0. The number of benzene rings is 3. The molecule has 0 spiro atoms. The zero-order valence-corrected chi connectivity index (χ0v) is 21.1. The number of nitrogens with one attached hydrogen (secondary N) is 3. The van der Waals surface area contributed by atoms with Gasteiger partial charge >= 0.3 is 0 Å². The van der Waals surface area contributed by atoms with Gasteiger partial charge < -0.3 is 10.6 Å². The van der Waals surface area contributed by atoms with Crippen molar-refractivity contribution in [2.75, 3.05) is 10.6 Å². The normalized spacial score (nSPS) is 10.2. The van der Waals surface area contributed by atoms with Crippen LogP contribution in [0.4, 0.5) is 11.4 Å². The van der Waals surface area contributed by atoms with E-state index in [9.17, 15) is 9.59 Å². The lowest BCUT2D eigenvalue weighted by molar-refractivity contribution is 0.0975. The molecule has 0 radical (unpaired) electrons. The van der Waals surface area contributed by atoms with Crippen molar-refractivity contribution < 1.29 is 9.59 Å². The first-order valence-corrected chi connectivity index (χ1v) is 11.5. The fraction of sp³-hybridized carbons (Fsp3) is 0. The third-order valence-electron chi connectivity index (χ3n) is 3.89. The van der Waals surface area contributed by atoms with Crippen molar-refractivity contribution in [3.63, 3.8) is 0 Å². The van der Waals surface area contributed by atoms with Crippen LogP contribution in [0.3, 0.4) is 0 Å². The topological polar surface area (TPSA) is 70.2 Å². The first kappa shape index (κ1) is 22.9. The summed E-state index contributed by atoms with van der Waals surface area (Å²) in [6, 6.07) is 19.3. The van der Waals surface area contributed by atoms with Gasteiger partial charge in [0, 0.05) is 29.1 Å². The predicted octanol–water partition coefficient (Wildman–Crippen LogP) is 5.93. The van der Waals surface area contributed by atoms with Crippen LogP contribution in [-0.4, -0.2) is 16.9 Å². The number of carbonyl (C=O) groups is 2. The number of hydrogen-bond acceptors (Lipinski definition) is 3. The van der Waals surface area contributed by atoms with Gasteiger partial charge in [-0.25, -0.2) is 0 Å². The zero-order valence-electron chi connectivity index (χ0n) is 15.2. The lowest BCUT2D eigenvalue weighted by Gasteiger charge is -2.12. The van der Waals surface area contributed by atoms with Gasteiger partial charge in [-0.2, -0.15) is 0 Å². The van der Waals surface area contributed by atoms with Gasteiger partial charge in [0.05, 0.1) is 5.56 Å². The van der Waals surface area contributed by atoms with Gasteiger partial charge in [-0.15, -0.1) is 0 Å². The van der Waals surface area contributed by atoms with Crippen LogP contribution in [0.5, 0.6) is 0 Å². The van der Waals surface area contributed by atoms with Crippen molar-refractivity contribution in [2.24, 2.45) is 0 Å². The maximum Gasteiger partial charge on any atom is 0.258 e. The van der Waals surface area contributed by atoms with E-state index in [4.69, 9.17) is 23.8 Å². The Morgan fingerprint density at radius 2 is 1.50 bits per heavy atom. The smallest absolute Gasteiger partial charge is 0.258 e. The molecule has 0 saturated carbocycles. The monoisotopic (exact) mass is 661 g/mol. The molecule has 152 valence electrons. The fourth-order valence-electron chi connectivity index (χ4n) is 2.47. The van der Waals surface area contributed by atoms with E-state index in [0.717, 1.165) is 7.14 Å². The van der Waals surface area contributed by atoms with Gasteiger partial charge in [0.1, 0.15) is 0 Å². The summed E-state index contributed by atoms with van der Waals surface area (Å²) in [7, 11) is 0. The van der Waals surface area contributed by atoms with Crippen LogP contribution >= 0.6 is 69.0 Å². The molecule has 0 aliphatic carbocycles. The molecule has 3 aromatic carbocycles. The second-order valence-electron chi connectivity index (χ2n) is 6.07. The molecule has 3 rings (SSSR count). The number of amides is 2. The van der Waals surface area contributed by atoms with Crippen LogP contribution < -0.4 is 16.0 Å². The molecule has 0 bridgehead atoms. The van der Waals surface area contributed by atoms with E-state index in [2.05, 4.69) is 61.1 Å². The minimum Gasteiger partial charge on any atom is -0.332 e. The molecule has 9 heteroatoms. The number of anilines is 2. The largest absolute Gasteiger partial charge is 0.332 e. The molecular weight excluding hydrogens is 648 g/mol. The molecule has 0 unspecified atom stereocenters. The summed E-state index contributed by atoms with van der Waals surface area (Å²) in [4.78, 5) is 24.7. The van der Waals surface area contributed by atoms with E-state index < -0.39 is 0 Å². The maximum atomic E-state index is 12.4. The van der Waals surface area contributed by atoms with Gasteiger partial charge in [-0.3, -0.25) is 14.9 Å². The molecule has 0 atom stereocenters. The summed E-state index contributed by atoms with van der Waals surface area (Å²) in [5.74, 6) is -0.533. The molecule has 0 saturated heterocycles. The Labute approximate surface area is 211 Å². The molecule has 0 aliphatic rings. The van der Waals surface area contributed by atoms with E-state index in [-0.39, 0.29) is 16.9 Å². The van der Waals surface area contributed by atoms with E-state index in [1.165, 1.54) is 0 Å². The van der Waals surface area contributed by atoms with Crippen molar-refractivity contribution in [1.29, 1.82) is 0 Å². The highest BCUT2D eigenvalue weighted by Gasteiger charge is 2.12. The van der Waals surface area contributed by atoms with Gasteiger partial charge in [-0.05, 0) is 118 Å². The molecule has 30 heavy (non-hydrogen) atoms. The van der Waals surface area contributed by atoms with E-state index in [0.29, 0.717) is 27.5 Å². The number of rotatable bonds is 4. The number of carbonyl (C=O) groups excluding carboxylic acids is 2. The Balaban J connectivity index is 1.58. The lowest BCUT2D eigenvalue weighted by Crippen LogP contribution is -2.34. The Morgan fingerprint density at radius 1 is 0.833 bits per heavy atom. The maximum absolute atomic E-state index is 12.4. The third-order valence-corrected chi connectivity index (χ3v) is 5.94. The zero-order chi connectivity index (χ0) is 21.7. The molecule has 0 aromatic heterocycles. The first-order chi connectivity index (χ1) is 14.3. The van der Waals surface area contributed by atoms with Gasteiger partial charge in [0.2, 0.25) is 0 Å². The lowest BCUT2D eigenvalue weighted by atomic mass is 10.2. The van der Waals surface area contributed by atoms with E-state index in [1.54, 1.807) is 54.6 Å². The number of thiocarbonyl (C=S) groups is 1. The molecule has 3 aromatic rings. The molecule has 2 amide bonds. The second kappa shape index (κ2) is 10.5. The third kappa shape index (κ3) is 6.37. The minimum absolute atomic E-state index is 0.186. The quantitative estimate of drug-likeness (QED) is 0.240. The SMILES string of the molecule is O=C(Nc1ccc(NC(=S)NC(=O)c2cc(I)ccc2I)cc1)c1cccc(Cl)c1. The van der Waals surface area contributed by atoms with Crippen LogP contribution in [0.2, 0.25) is 5.02 Å². The molecular formula is C21H14ClI2N3O2S. The fourth-order valence-corrected chi connectivity index (χ4v) is 3.95. The summed E-state index contributed by atoms with van der Waals surface area (Å²) in [5, 5.41) is 9.12. The van der Waals surface area contributed by atoms with Crippen molar-refractivity contribution in [3.8, 4) is 0 Å². The van der Waals surface area contributed by atoms with Crippen molar-refractivity contribution in [2.45, 2.75) is 0 Å². The molecule has 0 fully saturated rings. The Morgan fingerprint density at radius 3 is 2.17 bits per heavy atom. The number of hydrogen-bond donors (Lipinski definition) is 3. The Bertz CT molecular complexity index is 1120. The van der Waals surface area contributed by atoms with Gasteiger partial charge in [0.25, 0.3) is 11.8 Å². The summed E-state index contributed by atoms with van der Waals surface area (Å²) >= 11 is 15.4. The van der Waals surface area contributed by atoms with Crippen molar-refractivity contribution in [1.82, 2.24) is 5.32 Å². The highest BCUT2D eigenvalue weighted by Crippen LogP contribution is 2.18. The summed E-state index contributed by atoms with van der Waals surface area (Å²) < 4.78 is 1.81. The average Bonchev–Trinajstić information content (AvgIpc) is 2.71. The second-order valence-corrected chi connectivity index (χ2v) is 9.33. The molecule has 3 N–H and O–H groups in total. The van der Waals surface area contributed by atoms with Crippen molar-refractivity contribution in [3.05, 3.63) is 90.0 Å². The molecule has 5 nitrogen and oxygen atoms in total. The molecule has 0 heterocycles. The van der Waals surface area contributed by atoms with Gasteiger partial charge in [-0.1, -0.05) is 17.7 Å². The van der Waals surface area contributed by atoms with Crippen molar-refractivity contribution >= 4 is 97.3 Å². The Hall–Kier alpha value is -1.76. The number of halogens is 3. The molecule has 0 aliphatic heterocycles. The summed E-state index contributed by atoms with van der Waals surface area (Å²) in [6.07, 6.45) is 0. The minimum atomic E-state index is -0.277. The van der Waals surface area contributed by atoms with Crippen LogP contribution in [-0.2, 0) is 0 Å². The van der Waals surface area contributed by atoms with E-state index in [1.807, 2.05) is 12.1 Å². The average molecular weight is 662 g/mol. The van der Waals surface area contributed by atoms with Crippen LogP contribution in [0, 0.1) is 7.14 Å². The highest BCUT2D eigenvalue weighted by molar-refractivity contribution is 14.1. The van der Waals surface area contributed by atoms with Crippen LogP contribution in [0.15, 0.2) is 66.7 Å². The summed E-state index contributed by atoms with van der Waals surface area (Å²) in [5.41, 5.74) is 2.33. The van der Waals surface area contributed by atoms with Crippen LogP contribution in [0.1, 0.15) is 20.7 Å².